The monoisotopic (exact) mass is 228 g/mol. The van der Waals surface area contributed by atoms with Gasteiger partial charge in [0.2, 0.25) is 5.43 Å². The lowest BCUT2D eigenvalue weighted by molar-refractivity contribution is 0.478. The van der Waals surface area contributed by atoms with Crippen LogP contribution in [0.5, 0.6) is 5.75 Å². The maximum Gasteiger partial charge on any atom is 0.205 e. The molecule has 0 unspecified atom stereocenters. The lowest BCUT2D eigenvalue weighted by Gasteiger charge is -2.07. The number of para-hydroxylation sites is 1. The molecule has 0 bridgehead atoms. The predicted octanol–water partition coefficient (Wildman–Crippen LogP) is 1.58. The van der Waals surface area contributed by atoms with Crippen LogP contribution in [0, 0.1) is 0 Å². The topological polar surface area (TPSA) is 89.3 Å². The zero-order valence-electron chi connectivity index (χ0n) is 8.68. The quantitative estimate of drug-likeness (QED) is 0.450. The van der Waals surface area contributed by atoms with E-state index in [1.807, 2.05) is 0 Å². The lowest BCUT2D eigenvalue weighted by Crippen LogP contribution is -2.08. The molecule has 0 saturated carbocycles. The second-order valence-electron chi connectivity index (χ2n) is 3.70. The molecule has 1 aliphatic heterocycles. The van der Waals surface area contributed by atoms with Gasteiger partial charge in [0.15, 0.2) is 11.3 Å². The van der Waals surface area contributed by atoms with Crippen LogP contribution in [0.15, 0.2) is 39.5 Å². The predicted molar refractivity (Wildman–Crippen MR) is 63.0 cm³/mol. The molecule has 0 radical (unpaired) electrons. The van der Waals surface area contributed by atoms with Gasteiger partial charge in [-0.3, -0.25) is 4.79 Å². The van der Waals surface area contributed by atoms with E-state index in [2.05, 4.69) is 4.98 Å². The van der Waals surface area contributed by atoms with Crippen molar-refractivity contribution in [2.24, 2.45) is 0 Å². The van der Waals surface area contributed by atoms with Crippen LogP contribution >= 0.6 is 0 Å². The van der Waals surface area contributed by atoms with Gasteiger partial charge in [-0.25, -0.2) is 4.98 Å². The largest absolute Gasteiger partial charge is 0.506 e. The number of rotatable bonds is 0. The van der Waals surface area contributed by atoms with Crippen LogP contribution in [0.3, 0.4) is 0 Å². The van der Waals surface area contributed by atoms with Gasteiger partial charge < -0.3 is 15.3 Å². The van der Waals surface area contributed by atoms with Crippen LogP contribution in [0.2, 0.25) is 0 Å². The molecule has 84 valence electrons. The Labute approximate surface area is 95.5 Å². The minimum atomic E-state index is -0.303. The highest BCUT2D eigenvalue weighted by Crippen LogP contribution is 2.29. The highest BCUT2D eigenvalue weighted by molar-refractivity contribution is 5.82. The minimum absolute atomic E-state index is 0.0259. The van der Waals surface area contributed by atoms with Gasteiger partial charge in [0.05, 0.1) is 5.69 Å². The van der Waals surface area contributed by atoms with Gasteiger partial charge in [0.25, 0.3) is 0 Å². The summed E-state index contributed by atoms with van der Waals surface area (Å²) in [7, 11) is 0. The Morgan fingerprint density at radius 3 is 2.94 bits per heavy atom. The van der Waals surface area contributed by atoms with E-state index < -0.39 is 0 Å². The van der Waals surface area contributed by atoms with Gasteiger partial charge in [-0.15, -0.1) is 0 Å². The average molecular weight is 228 g/mol. The summed E-state index contributed by atoms with van der Waals surface area (Å²) in [5.41, 5.74) is 6.52. The van der Waals surface area contributed by atoms with Crippen molar-refractivity contribution in [1.29, 1.82) is 0 Å². The highest BCUT2D eigenvalue weighted by atomic mass is 16.3. The second kappa shape index (κ2) is 3.21. The number of hydrogen-bond donors (Lipinski definition) is 2. The fourth-order valence-corrected chi connectivity index (χ4v) is 1.68. The Morgan fingerprint density at radius 1 is 1.29 bits per heavy atom. The number of hydrogen-bond acceptors (Lipinski definition) is 5. The SMILES string of the molecule is Nc1cc2nc3c(O)cccc3oc-2cc1=O. The Morgan fingerprint density at radius 2 is 2.12 bits per heavy atom. The molecule has 3 rings (SSSR count). The Hall–Kier alpha value is -2.56. The van der Waals surface area contributed by atoms with Crippen LogP contribution in [0.4, 0.5) is 5.69 Å². The molecule has 0 saturated heterocycles. The number of nitrogens with two attached hydrogens (primary N) is 1. The summed E-state index contributed by atoms with van der Waals surface area (Å²) in [5, 5.41) is 9.64. The first-order chi connectivity index (χ1) is 8.15. The van der Waals surface area contributed by atoms with E-state index in [1.54, 1.807) is 12.1 Å². The summed E-state index contributed by atoms with van der Waals surface area (Å²) in [6.45, 7) is 0. The third kappa shape index (κ3) is 1.40. The van der Waals surface area contributed by atoms with E-state index in [1.165, 1.54) is 18.2 Å². The van der Waals surface area contributed by atoms with Crippen molar-refractivity contribution in [3.63, 3.8) is 0 Å². The standard InChI is InChI=1S/C12H8N2O3/c13-6-4-7-11(5-9(6)16)17-10-3-1-2-8(15)12(10)14-7/h1-5,15H,13H2. The summed E-state index contributed by atoms with van der Waals surface area (Å²) in [4.78, 5) is 15.6. The molecule has 1 aromatic rings. The van der Waals surface area contributed by atoms with E-state index in [-0.39, 0.29) is 16.9 Å². The van der Waals surface area contributed by atoms with Crippen LogP contribution in [-0.2, 0) is 0 Å². The summed E-state index contributed by atoms with van der Waals surface area (Å²) >= 11 is 0. The van der Waals surface area contributed by atoms with E-state index in [4.69, 9.17) is 10.2 Å². The summed E-state index contributed by atoms with van der Waals surface area (Å²) in [6, 6.07) is 7.56. The first kappa shape index (κ1) is 9.65. The van der Waals surface area contributed by atoms with Crippen LogP contribution in [0.25, 0.3) is 22.6 Å². The molecule has 3 N–H and O–H groups in total. The van der Waals surface area contributed by atoms with Gasteiger partial charge in [0.1, 0.15) is 17.0 Å². The van der Waals surface area contributed by atoms with Gasteiger partial charge in [-0.05, 0) is 18.2 Å². The maximum absolute atomic E-state index is 11.4. The molecule has 0 fully saturated rings. The molecule has 1 aliphatic carbocycles. The highest BCUT2D eigenvalue weighted by Gasteiger charge is 2.13. The van der Waals surface area contributed by atoms with Crippen molar-refractivity contribution < 1.29 is 9.52 Å². The van der Waals surface area contributed by atoms with Crippen molar-refractivity contribution >= 4 is 16.8 Å². The van der Waals surface area contributed by atoms with E-state index >= 15 is 0 Å². The number of nitrogen functional groups attached to an aromatic ring is 1. The number of aromatic nitrogens is 1. The lowest BCUT2D eigenvalue weighted by atomic mass is 10.2. The van der Waals surface area contributed by atoms with Crippen molar-refractivity contribution in [3.05, 3.63) is 40.6 Å². The minimum Gasteiger partial charge on any atom is -0.506 e. The summed E-state index contributed by atoms with van der Waals surface area (Å²) < 4.78 is 5.48. The smallest absolute Gasteiger partial charge is 0.205 e. The molecular formula is C12H8N2O3. The van der Waals surface area contributed by atoms with Crippen LogP contribution in [0.1, 0.15) is 0 Å². The number of aromatic hydroxyl groups is 1. The number of anilines is 1. The van der Waals surface area contributed by atoms with Crippen molar-refractivity contribution in [2.75, 3.05) is 5.73 Å². The Balaban J connectivity index is 2.50. The molecule has 17 heavy (non-hydrogen) atoms. The third-order valence-corrected chi connectivity index (χ3v) is 2.52. The molecule has 1 aromatic carbocycles. The average Bonchev–Trinajstić information content (AvgIpc) is 2.29. The second-order valence-corrected chi connectivity index (χ2v) is 3.70. The summed E-state index contributed by atoms with van der Waals surface area (Å²) in [6.07, 6.45) is 0. The number of benzene rings is 2. The van der Waals surface area contributed by atoms with E-state index in [0.717, 1.165) is 0 Å². The van der Waals surface area contributed by atoms with Crippen molar-refractivity contribution in [2.45, 2.75) is 0 Å². The Bertz CT molecular complexity index is 749. The van der Waals surface area contributed by atoms with Gasteiger partial charge >= 0.3 is 0 Å². The number of nitrogens with zero attached hydrogens (tertiary/aromatic N) is 1. The van der Waals surface area contributed by atoms with Crippen LogP contribution < -0.4 is 11.2 Å². The molecule has 0 spiro atoms. The van der Waals surface area contributed by atoms with Crippen molar-refractivity contribution in [1.82, 2.24) is 4.98 Å². The maximum atomic E-state index is 11.4. The normalized spacial score (nSPS) is 11.1. The fraction of sp³-hybridized carbons (Fsp3) is 0. The molecule has 1 heterocycles. The zero-order valence-corrected chi connectivity index (χ0v) is 8.68. The van der Waals surface area contributed by atoms with Crippen LogP contribution in [-0.4, -0.2) is 10.1 Å². The number of fused-ring (bicyclic) bond motifs is 2. The first-order valence-electron chi connectivity index (χ1n) is 4.97. The molecular weight excluding hydrogens is 220 g/mol. The fourth-order valence-electron chi connectivity index (χ4n) is 1.68. The first-order valence-corrected chi connectivity index (χ1v) is 4.97. The third-order valence-electron chi connectivity index (χ3n) is 2.52. The van der Waals surface area contributed by atoms with Crippen molar-refractivity contribution in [3.8, 4) is 17.2 Å². The number of phenolic OH excluding ortho intramolecular Hbond substituents is 1. The zero-order chi connectivity index (χ0) is 12.0. The number of phenols is 1. The van der Waals surface area contributed by atoms with E-state index in [0.29, 0.717) is 22.6 Å². The molecule has 5 heteroatoms. The van der Waals surface area contributed by atoms with Gasteiger partial charge in [-0.1, -0.05) is 6.07 Å². The summed E-state index contributed by atoms with van der Waals surface area (Å²) in [5.74, 6) is 0.375. The molecule has 0 aromatic heterocycles. The molecule has 0 atom stereocenters. The van der Waals surface area contributed by atoms with Gasteiger partial charge in [0, 0.05) is 6.07 Å². The van der Waals surface area contributed by atoms with E-state index in [9.17, 15) is 9.90 Å². The van der Waals surface area contributed by atoms with Gasteiger partial charge in [-0.2, -0.15) is 0 Å². The molecule has 5 nitrogen and oxygen atoms in total. The molecule has 2 aliphatic rings. The Kier molecular flexibility index (Phi) is 1.82. The molecule has 0 amide bonds.